The Morgan fingerprint density at radius 2 is 2.12 bits per heavy atom. The van der Waals surface area contributed by atoms with Crippen molar-refractivity contribution < 1.29 is 4.79 Å². The molecule has 1 saturated carbocycles. The van der Waals surface area contributed by atoms with Gasteiger partial charge in [0.15, 0.2) is 0 Å². The van der Waals surface area contributed by atoms with Crippen molar-refractivity contribution in [3.63, 3.8) is 0 Å². The molecular weight excluding hydrogens is 259 g/mol. The Hall–Kier alpha value is -0.250. The number of fused-ring (bicyclic) bond motifs is 1. The van der Waals surface area contributed by atoms with Crippen LogP contribution in [0.25, 0.3) is 0 Å². The van der Waals surface area contributed by atoms with Gasteiger partial charge in [-0.1, -0.05) is 31.0 Å². The highest BCUT2D eigenvalue weighted by Crippen LogP contribution is 2.33. The lowest BCUT2D eigenvalue weighted by atomic mass is 9.85. The van der Waals surface area contributed by atoms with Crippen LogP contribution in [0.3, 0.4) is 0 Å². The molecule has 0 aromatic carbocycles. The van der Waals surface area contributed by atoms with Gasteiger partial charge in [-0.05, 0) is 25.2 Å². The predicted molar refractivity (Wildman–Crippen MR) is 72.5 cm³/mol. The van der Waals surface area contributed by atoms with Gasteiger partial charge in [-0.15, -0.1) is 12.4 Å². The minimum Gasteiger partial charge on any atom is -0.350 e. The van der Waals surface area contributed by atoms with Crippen LogP contribution in [0.4, 0.5) is 0 Å². The lowest BCUT2D eigenvalue weighted by molar-refractivity contribution is -0.122. The first kappa shape index (κ1) is 14.8. The second-order valence-corrected chi connectivity index (χ2v) is 5.38. The minimum atomic E-state index is -0.0240. The maximum atomic E-state index is 11.8. The van der Waals surface area contributed by atoms with Gasteiger partial charge >= 0.3 is 0 Å². The first-order valence-corrected chi connectivity index (χ1v) is 6.41. The molecule has 1 heterocycles. The lowest BCUT2D eigenvalue weighted by Gasteiger charge is -2.24. The molecule has 3 nitrogen and oxygen atoms in total. The fourth-order valence-corrected chi connectivity index (χ4v) is 2.89. The molecule has 5 heteroatoms. The summed E-state index contributed by atoms with van der Waals surface area (Å²) < 4.78 is 0. The minimum absolute atomic E-state index is 0. The average molecular weight is 279 g/mol. The molecule has 2 aliphatic rings. The normalized spacial score (nSPS) is 31.2. The van der Waals surface area contributed by atoms with E-state index in [9.17, 15) is 4.79 Å². The molecule has 17 heavy (non-hydrogen) atoms. The zero-order valence-corrected chi connectivity index (χ0v) is 11.4. The van der Waals surface area contributed by atoms with Gasteiger partial charge in [0.2, 0.25) is 5.91 Å². The van der Waals surface area contributed by atoms with Crippen LogP contribution in [0, 0.1) is 5.92 Å². The zero-order valence-electron chi connectivity index (χ0n) is 9.88. The average Bonchev–Trinajstić information content (AvgIpc) is 2.69. The number of halogens is 2. The molecule has 1 saturated heterocycles. The van der Waals surface area contributed by atoms with Gasteiger partial charge in [0.1, 0.15) is 0 Å². The first-order valence-electron chi connectivity index (χ1n) is 6.04. The second kappa shape index (κ2) is 6.62. The highest BCUT2D eigenvalue weighted by molar-refractivity contribution is 6.29. The Balaban J connectivity index is 0.00000144. The Morgan fingerprint density at radius 1 is 1.41 bits per heavy atom. The first-order chi connectivity index (χ1) is 7.66. The van der Waals surface area contributed by atoms with E-state index in [0.717, 1.165) is 6.42 Å². The molecule has 3 atom stereocenters. The van der Waals surface area contributed by atoms with Gasteiger partial charge in [-0.2, -0.15) is 0 Å². The van der Waals surface area contributed by atoms with Gasteiger partial charge in [0.05, 0.1) is 12.6 Å². The van der Waals surface area contributed by atoms with E-state index in [0.29, 0.717) is 23.5 Å². The van der Waals surface area contributed by atoms with Gasteiger partial charge in [0, 0.05) is 11.1 Å². The highest BCUT2D eigenvalue weighted by Gasteiger charge is 2.37. The topological polar surface area (TPSA) is 41.1 Å². The van der Waals surface area contributed by atoms with Crippen LogP contribution in [0.5, 0.6) is 0 Å². The predicted octanol–water partition coefficient (Wildman–Crippen LogP) is 2.20. The lowest BCUT2D eigenvalue weighted by Crippen LogP contribution is -2.43. The molecule has 2 N–H and O–H groups in total. The molecule has 98 valence electrons. The highest BCUT2D eigenvalue weighted by atomic mass is 35.5. The third-order valence-corrected chi connectivity index (χ3v) is 3.77. The third-order valence-electron chi connectivity index (χ3n) is 3.63. The van der Waals surface area contributed by atoms with Crippen molar-refractivity contribution in [1.29, 1.82) is 0 Å². The summed E-state index contributed by atoms with van der Waals surface area (Å²) >= 11 is 5.62. The zero-order chi connectivity index (χ0) is 11.5. The van der Waals surface area contributed by atoms with E-state index in [2.05, 4.69) is 17.2 Å². The summed E-state index contributed by atoms with van der Waals surface area (Å²) in [4.78, 5) is 11.8. The van der Waals surface area contributed by atoms with E-state index >= 15 is 0 Å². The van der Waals surface area contributed by atoms with E-state index < -0.39 is 0 Å². The summed E-state index contributed by atoms with van der Waals surface area (Å²) in [5.41, 5.74) is 0. The molecule has 0 radical (unpaired) electrons. The van der Waals surface area contributed by atoms with Crippen LogP contribution in [0.2, 0.25) is 0 Å². The van der Waals surface area contributed by atoms with Crippen molar-refractivity contribution in [1.82, 2.24) is 10.6 Å². The largest absolute Gasteiger partial charge is 0.350 e. The third kappa shape index (κ3) is 3.87. The summed E-state index contributed by atoms with van der Waals surface area (Å²) in [6.45, 7) is 3.93. The number of carbonyl (C=O) groups is 1. The Morgan fingerprint density at radius 3 is 2.76 bits per heavy atom. The molecule has 2 fully saturated rings. The van der Waals surface area contributed by atoms with E-state index in [1.54, 1.807) is 0 Å². The van der Waals surface area contributed by atoms with Crippen LogP contribution in [0.15, 0.2) is 11.6 Å². The van der Waals surface area contributed by atoms with Crippen molar-refractivity contribution >= 4 is 29.9 Å². The number of hydrogen-bond donors (Lipinski definition) is 2. The molecule has 3 unspecified atom stereocenters. The number of nitrogens with one attached hydrogen (secondary N) is 2. The number of amides is 1. The van der Waals surface area contributed by atoms with Crippen molar-refractivity contribution in [3.8, 4) is 0 Å². The van der Waals surface area contributed by atoms with Crippen LogP contribution in [-0.4, -0.2) is 24.5 Å². The van der Waals surface area contributed by atoms with Gasteiger partial charge in [-0.25, -0.2) is 0 Å². The van der Waals surface area contributed by atoms with Gasteiger partial charge < -0.3 is 10.6 Å². The molecule has 0 spiro atoms. The maximum Gasteiger partial charge on any atom is 0.237 e. The SMILES string of the molecule is C=C(Cl)CNC(=O)C1CC2CCCCC2N1.Cl. The second-order valence-electron chi connectivity index (χ2n) is 4.84. The molecule has 1 aliphatic heterocycles. The van der Waals surface area contributed by atoms with Crippen LogP contribution in [0.1, 0.15) is 32.1 Å². The maximum absolute atomic E-state index is 11.8. The fourth-order valence-electron chi connectivity index (χ4n) is 2.83. The molecular formula is C12H20Cl2N2O. The molecule has 0 aromatic rings. The van der Waals surface area contributed by atoms with Crippen molar-refractivity contribution in [3.05, 3.63) is 11.6 Å². The van der Waals surface area contributed by atoms with E-state index in [-0.39, 0.29) is 24.4 Å². The monoisotopic (exact) mass is 278 g/mol. The standard InChI is InChI=1S/C12H19ClN2O.ClH/c1-8(13)7-14-12(16)11-6-9-4-2-3-5-10(9)15-11;/h9-11,15H,1-7H2,(H,14,16);1H. The number of rotatable bonds is 3. The Kier molecular flexibility index (Phi) is 5.77. The molecule has 0 bridgehead atoms. The summed E-state index contributed by atoms with van der Waals surface area (Å²) in [7, 11) is 0. The van der Waals surface area contributed by atoms with Crippen molar-refractivity contribution in [2.75, 3.05) is 6.54 Å². The summed E-state index contributed by atoms with van der Waals surface area (Å²) in [5, 5.41) is 6.71. The number of hydrogen-bond acceptors (Lipinski definition) is 2. The van der Waals surface area contributed by atoms with E-state index in [4.69, 9.17) is 11.6 Å². The molecule has 1 amide bonds. The van der Waals surface area contributed by atoms with Crippen molar-refractivity contribution in [2.24, 2.45) is 5.92 Å². The Bertz CT molecular complexity index is 282. The van der Waals surface area contributed by atoms with Crippen LogP contribution in [-0.2, 0) is 4.79 Å². The molecule has 1 aliphatic carbocycles. The number of carbonyl (C=O) groups excluding carboxylic acids is 1. The fraction of sp³-hybridized carbons (Fsp3) is 0.750. The quantitative estimate of drug-likeness (QED) is 0.831. The molecule has 2 rings (SSSR count). The van der Waals surface area contributed by atoms with E-state index in [1.807, 2.05) is 0 Å². The summed E-state index contributed by atoms with van der Waals surface area (Å²) in [6, 6.07) is 0.535. The van der Waals surface area contributed by atoms with E-state index in [1.165, 1.54) is 25.7 Å². The van der Waals surface area contributed by atoms with Crippen molar-refractivity contribution in [2.45, 2.75) is 44.2 Å². The van der Waals surface area contributed by atoms with Crippen LogP contribution < -0.4 is 10.6 Å². The Labute approximate surface area is 114 Å². The van der Waals surface area contributed by atoms with Gasteiger partial charge in [-0.3, -0.25) is 4.79 Å². The van der Waals surface area contributed by atoms with Gasteiger partial charge in [0.25, 0.3) is 0 Å². The smallest absolute Gasteiger partial charge is 0.237 e. The summed E-state index contributed by atoms with van der Waals surface area (Å²) in [6.07, 6.45) is 6.07. The summed E-state index contributed by atoms with van der Waals surface area (Å²) in [5.74, 6) is 0.764. The van der Waals surface area contributed by atoms with Crippen LogP contribution >= 0.6 is 24.0 Å². The molecule has 0 aromatic heterocycles.